The van der Waals surface area contributed by atoms with Crippen LogP contribution in [0, 0.1) is 0 Å². The van der Waals surface area contributed by atoms with E-state index < -0.39 is 12.1 Å². The molecule has 2 N–H and O–H groups in total. The Bertz CT molecular complexity index is 852. The SMILES string of the molecule is COc1ccc(CCNC(=O)CCC2NC(=O)N(Cc3ccccc3)C2=O)cc1. The molecule has 0 aliphatic carbocycles. The number of hydrogen-bond acceptors (Lipinski definition) is 4. The van der Waals surface area contributed by atoms with E-state index in [1.165, 1.54) is 4.90 Å². The molecule has 1 unspecified atom stereocenters. The molecule has 1 fully saturated rings. The second-order valence-electron chi connectivity index (χ2n) is 6.90. The minimum absolute atomic E-state index is 0.137. The Balaban J connectivity index is 1.40. The number of carbonyl (C=O) groups is 3. The van der Waals surface area contributed by atoms with Gasteiger partial charge in [-0.2, -0.15) is 0 Å². The van der Waals surface area contributed by atoms with E-state index in [0.29, 0.717) is 13.0 Å². The van der Waals surface area contributed by atoms with Gasteiger partial charge in [-0.05, 0) is 36.1 Å². The number of nitrogens with zero attached hydrogens (tertiary/aromatic N) is 1. The first-order valence-corrected chi connectivity index (χ1v) is 9.62. The first kappa shape index (κ1) is 20.4. The Kier molecular flexibility index (Phi) is 6.84. The fraction of sp³-hybridized carbons (Fsp3) is 0.318. The molecule has 0 spiro atoms. The predicted molar refractivity (Wildman–Crippen MR) is 108 cm³/mol. The molecule has 7 nitrogen and oxygen atoms in total. The lowest BCUT2D eigenvalue weighted by Crippen LogP contribution is -2.33. The summed E-state index contributed by atoms with van der Waals surface area (Å²) in [5.74, 6) is 0.370. The van der Waals surface area contributed by atoms with Crippen LogP contribution in [0.1, 0.15) is 24.0 Å². The minimum Gasteiger partial charge on any atom is -0.497 e. The number of methoxy groups -OCH3 is 1. The number of benzene rings is 2. The average molecular weight is 395 g/mol. The summed E-state index contributed by atoms with van der Waals surface area (Å²) in [6.07, 6.45) is 1.17. The first-order chi connectivity index (χ1) is 14.1. The molecule has 0 radical (unpaired) electrons. The fourth-order valence-corrected chi connectivity index (χ4v) is 3.19. The van der Waals surface area contributed by atoms with E-state index in [9.17, 15) is 14.4 Å². The van der Waals surface area contributed by atoms with Crippen LogP contribution in [0.25, 0.3) is 0 Å². The Morgan fingerprint density at radius 1 is 1.07 bits per heavy atom. The molecule has 3 rings (SSSR count). The van der Waals surface area contributed by atoms with Crippen LogP contribution in [0.15, 0.2) is 54.6 Å². The van der Waals surface area contributed by atoms with Crippen molar-refractivity contribution in [1.82, 2.24) is 15.5 Å². The van der Waals surface area contributed by atoms with E-state index in [-0.39, 0.29) is 31.2 Å². The fourth-order valence-electron chi connectivity index (χ4n) is 3.19. The summed E-state index contributed by atoms with van der Waals surface area (Å²) in [6.45, 7) is 0.742. The van der Waals surface area contributed by atoms with Crippen molar-refractivity contribution in [2.24, 2.45) is 0 Å². The molecule has 0 bridgehead atoms. The van der Waals surface area contributed by atoms with Crippen molar-refractivity contribution in [2.75, 3.05) is 13.7 Å². The summed E-state index contributed by atoms with van der Waals surface area (Å²) < 4.78 is 5.12. The Hall–Kier alpha value is -3.35. The van der Waals surface area contributed by atoms with Gasteiger partial charge in [0, 0.05) is 13.0 Å². The van der Waals surface area contributed by atoms with Crippen LogP contribution in [0.2, 0.25) is 0 Å². The van der Waals surface area contributed by atoms with Gasteiger partial charge in [0.15, 0.2) is 0 Å². The summed E-state index contributed by atoms with van der Waals surface area (Å²) in [6, 6.07) is 15.9. The van der Waals surface area contributed by atoms with Gasteiger partial charge in [-0.1, -0.05) is 42.5 Å². The van der Waals surface area contributed by atoms with Crippen LogP contribution in [0.3, 0.4) is 0 Å². The molecule has 1 saturated heterocycles. The standard InChI is InChI=1S/C22H25N3O4/c1-29-18-9-7-16(8-10-18)13-14-23-20(26)12-11-19-21(27)25(22(28)24-19)15-17-5-3-2-4-6-17/h2-10,19H,11-15H2,1H3,(H,23,26)(H,24,28). The Labute approximate surface area is 170 Å². The molecule has 2 aromatic carbocycles. The van der Waals surface area contributed by atoms with Crippen molar-refractivity contribution in [3.05, 3.63) is 65.7 Å². The molecule has 29 heavy (non-hydrogen) atoms. The maximum absolute atomic E-state index is 12.5. The molecule has 1 aliphatic heterocycles. The molecule has 152 valence electrons. The molecular weight excluding hydrogens is 370 g/mol. The second-order valence-corrected chi connectivity index (χ2v) is 6.90. The Morgan fingerprint density at radius 3 is 2.48 bits per heavy atom. The van der Waals surface area contributed by atoms with Crippen molar-refractivity contribution in [2.45, 2.75) is 31.8 Å². The third-order valence-corrected chi connectivity index (χ3v) is 4.85. The monoisotopic (exact) mass is 395 g/mol. The third-order valence-electron chi connectivity index (χ3n) is 4.85. The predicted octanol–water partition coefficient (Wildman–Crippen LogP) is 2.25. The van der Waals surface area contributed by atoms with Crippen LogP contribution in [-0.4, -0.2) is 42.4 Å². The van der Waals surface area contributed by atoms with Crippen molar-refractivity contribution in [1.29, 1.82) is 0 Å². The van der Waals surface area contributed by atoms with Gasteiger partial charge in [0.1, 0.15) is 11.8 Å². The summed E-state index contributed by atoms with van der Waals surface area (Å²) in [7, 11) is 1.62. The van der Waals surface area contributed by atoms with Crippen molar-refractivity contribution in [3.63, 3.8) is 0 Å². The highest BCUT2D eigenvalue weighted by Crippen LogP contribution is 2.15. The maximum Gasteiger partial charge on any atom is 0.325 e. The number of carbonyl (C=O) groups excluding carboxylic acids is 3. The van der Waals surface area contributed by atoms with Gasteiger partial charge in [-0.15, -0.1) is 0 Å². The second kappa shape index (κ2) is 9.73. The van der Waals surface area contributed by atoms with Gasteiger partial charge in [-0.3, -0.25) is 14.5 Å². The highest BCUT2D eigenvalue weighted by atomic mass is 16.5. The van der Waals surface area contributed by atoms with Crippen LogP contribution in [0.4, 0.5) is 4.79 Å². The highest BCUT2D eigenvalue weighted by molar-refractivity contribution is 6.04. The van der Waals surface area contributed by atoms with E-state index in [2.05, 4.69) is 10.6 Å². The van der Waals surface area contributed by atoms with Crippen LogP contribution in [-0.2, 0) is 22.6 Å². The largest absolute Gasteiger partial charge is 0.497 e. The van der Waals surface area contributed by atoms with Gasteiger partial charge in [0.05, 0.1) is 13.7 Å². The zero-order valence-corrected chi connectivity index (χ0v) is 16.4. The molecule has 4 amide bonds. The number of urea groups is 1. The van der Waals surface area contributed by atoms with Crippen LogP contribution in [0.5, 0.6) is 5.75 Å². The minimum atomic E-state index is -0.654. The molecular formula is C22H25N3O4. The maximum atomic E-state index is 12.5. The molecule has 1 atom stereocenters. The zero-order chi connectivity index (χ0) is 20.6. The molecule has 0 aromatic heterocycles. The smallest absolute Gasteiger partial charge is 0.325 e. The van der Waals surface area contributed by atoms with E-state index in [0.717, 1.165) is 16.9 Å². The lowest BCUT2D eigenvalue weighted by atomic mass is 10.1. The van der Waals surface area contributed by atoms with Crippen molar-refractivity contribution in [3.8, 4) is 5.75 Å². The molecule has 2 aromatic rings. The number of imide groups is 1. The van der Waals surface area contributed by atoms with Crippen molar-refractivity contribution >= 4 is 17.8 Å². The topological polar surface area (TPSA) is 87.7 Å². The molecule has 7 heteroatoms. The molecule has 1 aliphatic rings. The summed E-state index contributed by atoms with van der Waals surface area (Å²) in [5, 5.41) is 5.52. The van der Waals surface area contributed by atoms with Gasteiger partial charge in [0.25, 0.3) is 5.91 Å². The van der Waals surface area contributed by atoms with Crippen LogP contribution < -0.4 is 15.4 Å². The highest BCUT2D eigenvalue weighted by Gasteiger charge is 2.37. The quantitative estimate of drug-likeness (QED) is 0.638. The molecule has 0 saturated carbocycles. The lowest BCUT2D eigenvalue weighted by molar-refractivity contribution is -0.128. The van der Waals surface area contributed by atoms with Gasteiger partial charge < -0.3 is 15.4 Å². The Morgan fingerprint density at radius 2 is 1.79 bits per heavy atom. The summed E-state index contributed by atoms with van der Waals surface area (Å²) >= 11 is 0. The number of nitrogens with one attached hydrogen (secondary N) is 2. The third kappa shape index (κ3) is 5.57. The number of rotatable bonds is 9. The normalized spacial score (nSPS) is 15.9. The average Bonchev–Trinajstić information content (AvgIpc) is 3.01. The summed E-state index contributed by atoms with van der Waals surface area (Å²) in [5.41, 5.74) is 1.98. The van der Waals surface area contributed by atoms with Gasteiger partial charge >= 0.3 is 6.03 Å². The number of amides is 4. The van der Waals surface area contributed by atoms with E-state index in [1.54, 1.807) is 7.11 Å². The van der Waals surface area contributed by atoms with E-state index in [4.69, 9.17) is 4.74 Å². The zero-order valence-electron chi connectivity index (χ0n) is 16.4. The number of ether oxygens (including phenoxy) is 1. The number of hydrogen-bond donors (Lipinski definition) is 2. The van der Waals surface area contributed by atoms with E-state index >= 15 is 0 Å². The van der Waals surface area contributed by atoms with Crippen LogP contribution >= 0.6 is 0 Å². The van der Waals surface area contributed by atoms with Gasteiger partial charge in [-0.25, -0.2) is 4.79 Å². The van der Waals surface area contributed by atoms with Crippen molar-refractivity contribution < 1.29 is 19.1 Å². The van der Waals surface area contributed by atoms with Gasteiger partial charge in [0.2, 0.25) is 5.91 Å². The van der Waals surface area contributed by atoms with E-state index in [1.807, 2.05) is 54.6 Å². The molecule has 1 heterocycles. The summed E-state index contributed by atoms with van der Waals surface area (Å²) in [4.78, 5) is 37.9. The lowest BCUT2D eigenvalue weighted by Gasteiger charge is -2.13. The first-order valence-electron chi connectivity index (χ1n) is 9.62.